The van der Waals surface area contributed by atoms with Gasteiger partial charge in [-0.2, -0.15) is 0 Å². The molecule has 0 fully saturated rings. The van der Waals surface area contributed by atoms with E-state index in [4.69, 9.17) is 0 Å². The van der Waals surface area contributed by atoms with Crippen LogP contribution in [0.1, 0.15) is 20.8 Å². The number of pyridine rings is 1. The Morgan fingerprint density at radius 2 is 2.19 bits per heavy atom. The molecule has 0 radical (unpaired) electrons. The van der Waals surface area contributed by atoms with Gasteiger partial charge in [0.2, 0.25) is 5.78 Å². The van der Waals surface area contributed by atoms with Crippen molar-refractivity contribution in [1.29, 1.82) is 0 Å². The number of aryl methyl sites for hydroxylation is 1. The molecule has 0 atom stereocenters. The first-order chi connectivity index (χ1) is 7.58. The van der Waals surface area contributed by atoms with Crippen LogP contribution in [0.2, 0.25) is 0 Å². The monoisotopic (exact) mass is 299 g/mol. The van der Waals surface area contributed by atoms with Gasteiger partial charge in [-0.05, 0) is 40.5 Å². The van der Waals surface area contributed by atoms with Crippen LogP contribution in [0.3, 0.4) is 0 Å². The van der Waals surface area contributed by atoms with Gasteiger partial charge in [0.05, 0.1) is 14.9 Å². The Bertz CT molecular complexity index is 533. The minimum absolute atomic E-state index is 0.203. The van der Waals surface area contributed by atoms with Crippen LogP contribution in [0.25, 0.3) is 0 Å². The zero-order valence-electron chi connectivity index (χ0n) is 8.33. The third-order valence-electron chi connectivity index (χ3n) is 2.05. The van der Waals surface area contributed by atoms with Crippen LogP contribution < -0.4 is 0 Å². The van der Waals surface area contributed by atoms with Crippen molar-refractivity contribution in [3.63, 3.8) is 0 Å². The fourth-order valence-electron chi connectivity index (χ4n) is 1.25. The van der Waals surface area contributed by atoms with Gasteiger partial charge in [-0.1, -0.05) is 0 Å². The molecule has 0 spiro atoms. The second kappa shape index (κ2) is 4.43. The lowest BCUT2D eigenvalue weighted by Gasteiger charge is -1.96. The number of carbonyl (C=O) groups is 1. The highest BCUT2D eigenvalue weighted by molar-refractivity contribution is 9.11. The minimum atomic E-state index is -0.502. The Kier molecular flexibility index (Phi) is 3.16. The molecule has 2 rings (SSSR count). The van der Waals surface area contributed by atoms with Crippen LogP contribution in [0.15, 0.2) is 28.3 Å². The van der Waals surface area contributed by atoms with Crippen molar-refractivity contribution < 1.29 is 9.18 Å². The Morgan fingerprint density at radius 3 is 2.75 bits per heavy atom. The fourth-order valence-corrected chi connectivity index (χ4v) is 2.75. The zero-order chi connectivity index (χ0) is 11.7. The van der Waals surface area contributed by atoms with Gasteiger partial charge in [-0.15, -0.1) is 11.3 Å². The molecule has 2 aromatic heterocycles. The third-order valence-corrected chi connectivity index (χ3v) is 4.18. The minimum Gasteiger partial charge on any atom is -0.288 e. The number of halogens is 2. The Labute approximate surface area is 104 Å². The zero-order valence-corrected chi connectivity index (χ0v) is 10.7. The molecule has 0 amide bonds. The average Bonchev–Trinajstić information content (AvgIpc) is 2.58. The normalized spacial score (nSPS) is 10.4. The Balaban J connectivity index is 2.39. The molecule has 2 aromatic rings. The summed E-state index contributed by atoms with van der Waals surface area (Å²) in [6.45, 7) is 1.90. The summed E-state index contributed by atoms with van der Waals surface area (Å²) in [6.07, 6.45) is 2.45. The summed E-state index contributed by atoms with van der Waals surface area (Å²) in [7, 11) is 0. The van der Waals surface area contributed by atoms with Gasteiger partial charge < -0.3 is 0 Å². The van der Waals surface area contributed by atoms with E-state index in [1.807, 2.05) is 6.92 Å². The van der Waals surface area contributed by atoms with E-state index < -0.39 is 5.82 Å². The van der Waals surface area contributed by atoms with E-state index in [0.29, 0.717) is 4.88 Å². The van der Waals surface area contributed by atoms with Crippen LogP contribution in [0.4, 0.5) is 4.39 Å². The summed E-state index contributed by atoms with van der Waals surface area (Å²) >= 11 is 4.69. The van der Waals surface area contributed by atoms with Gasteiger partial charge in [-0.25, -0.2) is 4.39 Å². The molecular formula is C11H7BrFNOS. The number of hydrogen-bond acceptors (Lipinski definition) is 3. The first-order valence-corrected chi connectivity index (χ1v) is 6.10. The molecule has 0 bridgehead atoms. The summed E-state index contributed by atoms with van der Waals surface area (Å²) < 4.78 is 13.8. The van der Waals surface area contributed by atoms with Crippen LogP contribution in [0, 0.1) is 12.7 Å². The summed E-state index contributed by atoms with van der Waals surface area (Å²) in [5.74, 6) is -0.705. The number of rotatable bonds is 2. The predicted octanol–water partition coefficient (Wildman–Crippen LogP) is 3.58. The van der Waals surface area contributed by atoms with E-state index in [2.05, 4.69) is 20.9 Å². The molecule has 82 valence electrons. The van der Waals surface area contributed by atoms with Crippen molar-refractivity contribution in [2.75, 3.05) is 0 Å². The smallest absolute Gasteiger partial charge is 0.204 e. The Morgan fingerprint density at radius 1 is 1.44 bits per heavy atom. The van der Waals surface area contributed by atoms with Gasteiger partial charge in [0, 0.05) is 11.8 Å². The second-order valence-electron chi connectivity index (χ2n) is 3.29. The fraction of sp³-hybridized carbons (Fsp3) is 0.0909. The van der Waals surface area contributed by atoms with E-state index >= 15 is 0 Å². The molecule has 2 heterocycles. The maximum atomic E-state index is 12.9. The van der Waals surface area contributed by atoms with Crippen molar-refractivity contribution in [3.05, 3.63) is 50.1 Å². The van der Waals surface area contributed by atoms with Gasteiger partial charge in [-0.3, -0.25) is 9.78 Å². The quantitative estimate of drug-likeness (QED) is 0.793. The Hall–Kier alpha value is -1.07. The number of nitrogens with zero attached hydrogens (tertiary/aromatic N) is 1. The molecule has 0 aliphatic heterocycles. The molecule has 2 nitrogen and oxygen atoms in total. The van der Waals surface area contributed by atoms with E-state index in [1.165, 1.54) is 23.6 Å². The molecule has 0 saturated carbocycles. The predicted molar refractivity (Wildman–Crippen MR) is 64.4 cm³/mol. The van der Waals surface area contributed by atoms with Gasteiger partial charge in [0.25, 0.3) is 0 Å². The molecule has 0 aliphatic rings. The number of aromatic nitrogens is 1. The largest absolute Gasteiger partial charge is 0.288 e. The van der Waals surface area contributed by atoms with Crippen molar-refractivity contribution in [1.82, 2.24) is 4.98 Å². The highest BCUT2D eigenvalue weighted by Gasteiger charge is 2.14. The summed E-state index contributed by atoms with van der Waals surface area (Å²) in [5, 5.41) is 0. The molecule has 0 aromatic carbocycles. The molecule has 0 N–H and O–H groups in total. The number of thiophene rings is 1. The lowest BCUT2D eigenvalue weighted by atomic mass is 10.1. The first-order valence-electron chi connectivity index (χ1n) is 4.49. The molecule has 0 saturated heterocycles. The molecule has 0 unspecified atom stereocenters. The highest BCUT2D eigenvalue weighted by Crippen LogP contribution is 2.28. The van der Waals surface area contributed by atoms with Crippen molar-refractivity contribution in [3.8, 4) is 0 Å². The molecule has 0 aliphatic carbocycles. The van der Waals surface area contributed by atoms with Gasteiger partial charge >= 0.3 is 0 Å². The number of carbonyl (C=O) groups excluding carboxylic acids is 1. The molecule has 5 heteroatoms. The number of hydrogen-bond donors (Lipinski definition) is 0. The maximum Gasteiger partial charge on any atom is 0.204 e. The second-order valence-corrected chi connectivity index (χ2v) is 5.66. The molecular weight excluding hydrogens is 293 g/mol. The van der Waals surface area contributed by atoms with Crippen LogP contribution in [0.5, 0.6) is 0 Å². The lowest BCUT2D eigenvalue weighted by molar-refractivity contribution is 0.104. The van der Waals surface area contributed by atoms with Crippen molar-refractivity contribution >= 4 is 33.0 Å². The average molecular weight is 300 g/mol. The summed E-state index contributed by atoms with van der Waals surface area (Å²) in [5.41, 5.74) is 1.27. The molecule has 16 heavy (non-hydrogen) atoms. The number of ketones is 1. The SMILES string of the molecule is Cc1cc(C(=O)c2cncc(F)c2)sc1Br. The first kappa shape index (κ1) is 11.4. The van der Waals surface area contributed by atoms with Crippen molar-refractivity contribution in [2.45, 2.75) is 6.92 Å². The van der Waals surface area contributed by atoms with E-state index in [9.17, 15) is 9.18 Å². The van der Waals surface area contributed by atoms with Crippen molar-refractivity contribution in [2.24, 2.45) is 0 Å². The van der Waals surface area contributed by atoms with Crippen LogP contribution in [-0.2, 0) is 0 Å². The van der Waals surface area contributed by atoms with Crippen LogP contribution in [-0.4, -0.2) is 10.8 Å². The van der Waals surface area contributed by atoms with Gasteiger partial charge in [0.15, 0.2) is 0 Å². The summed E-state index contributed by atoms with van der Waals surface area (Å²) in [6, 6.07) is 2.97. The lowest BCUT2D eigenvalue weighted by Crippen LogP contribution is -1.99. The third kappa shape index (κ3) is 2.20. The van der Waals surface area contributed by atoms with E-state index in [1.54, 1.807) is 6.07 Å². The topological polar surface area (TPSA) is 30.0 Å². The maximum absolute atomic E-state index is 12.9. The van der Waals surface area contributed by atoms with E-state index in [-0.39, 0.29) is 11.3 Å². The summed E-state index contributed by atoms with van der Waals surface area (Å²) in [4.78, 5) is 16.2. The van der Waals surface area contributed by atoms with Gasteiger partial charge in [0.1, 0.15) is 5.82 Å². The standard InChI is InChI=1S/C11H7BrFNOS/c1-6-2-9(16-11(6)12)10(15)7-3-8(13)5-14-4-7/h2-5H,1H3. The van der Waals surface area contributed by atoms with E-state index in [0.717, 1.165) is 15.5 Å². The van der Waals surface area contributed by atoms with Crippen LogP contribution >= 0.6 is 27.3 Å². The highest BCUT2D eigenvalue weighted by atomic mass is 79.9.